The molecule has 0 atom stereocenters. The van der Waals surface area contributed by atoms with Crippen LogP contribution < -0.4 is 33.4 Å². The topological polar surface area (TPSA) is 218 Å². The van der Waals surface area contributed by atoms with Gasteiger partial charge in [-0.1, -0.05) is 50.7 Å². The molecule has 2 heterocycles. The third-order valence-corrected chi connectivity index (χ3v) is 15.6. The van der Waals surface area contributed by atoms with Crippen molar-refractivity contribution in [3.8, 4) is 34.5 Å². The third-order valence-electron chi connectivity index (χ3n) is 14.7. The molecule has 2 saturated carbocycles. The number of ether oxygens (including phenoxy) is 8. The van der Waals surface area contributed by atoms with E-state index in [4.69, 9.17) is 48.0 Å². The van der Waals surface area contributed by atoms with Gasteiger partial charge < -0.3 is 37.9 Å². The van der Waals surface area contributed by atoms with Crippen molar-refractivity contribution in [2.24, 2.45) is 28.8 Å². The molecular formula is C65H78N4O14S. The van der Waals surface area contributed by atoms with Crippen LogP contribution in [0.25, 0.3) is 10.3 Å². The van der Waals surface area contributed by atoms with Crippen LogP contribution in [0.4, 0.5) is 5.13 Å². The van der Waals surface area contributed by atoms with E-state index in [2.05, 4.69) is 25.1 Å². The minimum absolute atomic E-state index is 0.230. The SMILES string of the molecule is C=CC(=O)OCCCCCCOc1ccc(OC(=O)C2CCC(C(=O)Oc3ccc(OC(=O)C4CCC(C(=O)Oc5ccc(OCCCCCCOC(=O)C=C)cc5)CC4)c(/C=N/N(CCCCCC)c4nc5cccnc5s4)c3)CC2)cc1. The zero-order valence-electron chi connectivity index (χ0n) is 48.1. The molecule has 3 aromatic carbocycles. The van der Waals surface area contributed by atoms with Crippen molar-refractivity contribution in [2.75, 3.05) is 38.0 Å². The smallest absolute Gasteiger partial charge is 0.330 e. The summed E-state index contributed by atoms with van der Waals surface area (Å²) in [6.07, 6.45) is 20.1. The summed E-state index contributed by atoms with van der Waals surface area (Å²) in [4.78, 5) is 86.7. The van der Waals surface area contributed by atoms with Gasteiger partial charge >= 0.3 is 35.8 Å². The lowest BCUT2D eigenvalue weighted by molar-refractivity contribution is -0.145. The molecule has 0 amide bonds. The van der Waals surface area contributed by atoms with E-state index in [0.717, 1.165) is 99.5 Å². The van der Waals surface area contributed by atoms with Crippen molar-refractivity contribution in [3.63, 3.8) is 0 Å². The largest absolute Gasteiger partial charge is 0.494 e. The first-order chi connectivity index (χ1) is 41.0. The number of esters is 6. The molecular weight excluding hydrogens is 1090 g/mol. The molecule has 2 aromatic heterocycles. The summed E-state index contributed by atoms with van der Waals surface area (Å²) < 4.78 is 45.3. The molecule has 18 nitrogen and oxygen atoms in total. The molecule has 0 unspecified atom stereocenters. The summed E-state index contributed by atoms with van der Waals surface area (Å²) in [5.41, 5.74) is 1.16. The van der Waals surface area contributed by atoms with Crippen LogP contribution in [0.15, 0.2) is 115 Å². The van der Waals surface area contributed by atoms with Crippen molar-refractivity contribution in [3.05, 3.63) is 116 Å². The molecule has 2 aliphatic carbocycles. The summed E-state index contributed by atoms with van der Waals surface area (Å²) in [6.45, 7) is 11.3. The number of hydrazone groups is 1. The van der Waals surface area contributed by atoms with E-state index in [0.29, 0.717) is 118 Å². The zero-order chi connectivity index (χ0) is 59.3. The lowest BCUT2D eigenvalue weighted by Crippen LogP contribution is -2.30. The maximum atomic E-state index is 13.9. The van der Waals surface area contributed by atoms with Gasteiger partial charge in [0.05, 0.1) is 56.3 Å². The first-order valence-corrected chi connectivity index (χ1v) is 30.4. The molecule has 0 saturated heterocycles. The van der Waals surface area contributed by atoms with Gasteiger partial charge in [0.1, 0.15) is 44.8 Å². The number of hydrogen-bond acceptors (Lipinski definition) is 19. The minimum Gasteiger partial charge on any atom is -0.494 e. The number of unbranched alkanes of at least 4 members (excludes halogenated alkanes) is 9. The molecule has 5 aromatic rings. The monoisotopic (exact) mass is 1170 g/mol. The second-order valence-electron chi connectivity index (χ2n) is 20.9. The van der Waals surface area contributed by atoms with E-state index in [1.54, 1.807) is 79.1 Å². The van der Waals surface area contributed by atoms with E-state index in [-0.39, 0.29) is 35.3 Å². The molecule has 7 rings (SSSR count). The Morgan fingerprint density at radius 1 is 0.548 bits per heavy atom. The fraction of sp³-hybridized carbons (Fsp3) is 0.462. The second-order valence-corrected chi connectivity index (χ2v) is 21.9. The van der Waals surface area contributed by atoms with E-state index in [1.807, 2.05) is 17.1 Å². The van der Waals surface area contributed by atoms with Gasteiger partial charge in [-0.25, -0.2) is 24.6 Å². The lowest BCUT2D eigenvalue weighted by atomic mass is 9.82. The number of carbonyl (C=O) groups is 6. The minimum atomic E-state index is -0.470. The molecule has 0 spiro atoms. The van der Waals surface area contributed by atoms with Gasteiger partial charge in [0.15, 0.2) is 0 Å². The molecule has 2 aliphatic rings. The quantitative estimate of drug-likeness (QED) is 0.00934. The standard InChI is InChI=1S/C65H78N4O14S/c1-4-7-8-13-39-69(65-68-56-19-18-38-66-60(56)84-65)67-45-50-44-55(82-63(74)48-22-20-46(21-23-48)61(72)80-53-32-28-51(29-33-53)76-40-14-9-11-16-42-78-58(70)5-2)36-37-57(50)83-64(75)49-26-24-47(25-27-49)62(73)81-54-34-30-52(31-35-54)77-41-15-10-12-17-43-79-59(71)6-3/h5-6,18-19,28-38,44-49H,2-4,7-17,20-27,39-43H2,1H3/b67-45+. The van der Waals surface area contributed by atoms with Gasteiger partial charge in [0.2, 0.25) is 5.13 Å². The van der Waals surface area contributed by atoms with Crippen LogP contribution in [-0.4, -0.2) is 85.0 Å². The van der Waals surface area contributed by atoms with Crippen molar-refractivity contribution in [1.82, 2.24) is 9.97 Å². The fourth-order valence-corrected chi connectivity index (χ4v) is 10.7. The highest BCUT2D eigenvalue weighted by molar-refractivity contribution is 7.21. The molecule has 0 N–H and O–H groups in total. The first kappa shape index (κ1) is 63.6. The maximum Gasteiger partial charge on any atom is 0.330 e. The van der Waals surface area contributed by atoms with E-state index in [9.17, 15) is 28.8 Å². The number of carbonyl (C=O) groups excluding carboxylic acids is 6. The summed E-state index contributed by atoms with van der Waals surface area (Å²) >= 11 is 1.43. The van der Waals surface area contributed by atoms with Gasteiger partial charge in [0.25, 0.3) is 0 Å². The number of anilines is 1. The summed E-state index contributed by atoms with van der Waals surface area (Å²) in [5.74, 6) is -1.48. The molecule has 0 radical (unpaired) electrons. The Morgan fingerprint density at radius 2 is 0.988 bits per heavy atom. The highest BCUT2D eigenvalue weighted by Crippen LogP contribution is 2.36. The number of benzene rings is 3. The molecule has 84 heavy (non-hydrogen) atoms. The normalized spacial score (nSPS) is 16.7. The van der Waals surface area contributed by atoms with Crippen LogP contribution in [-0.2, 0) is 38.2 Å². The van der Waals surface area contributed by atoms with Crippen molar-refractivity contribution < 1.29 is 66.7 Å². The van der Waals surface area contributed by atoms with E-state index in [1.165, 1.54) is 11.3 Å². The lowest BCUT2D eigenvalue weighted by Gasteiger charge is -2.26. The number of aromatic nitrogens is 2. The van der Waals surface area contributed by atoms with Gasteiger partial charge in [-0.05, 0) is 188 Å². The van der Waals surface area contributed by atoms with Gasteiger partial charge in [-0.3, -0.25) is 19.2 Å². The fourth-order valence-electron chi connectivity index (χ4n) is 9.76. The number of nitrogens with zero attached hydrogens (tertiary/aromatic N) is 4. The summed E-state index contributed by atoms with van der Waals surface area (Å²) in [5, 5.41) is 7.38. The number of thiazole rings is 1. The number of hydrogen-bond donors (Lipinski definition) is 0. The number of pyridine rings is 1. The molecule has 0 bridgehead atoms. The number of rotatable bonds is 34. The molecule has 2 fully saturated rings. The average molecular weight is 1170 g/mol. The molecule has 0 aliphatic heterocycles. The maximum absolute atomic E-state index is 13.9. The van der Waals surface area contributed by atoms with E-state index >= 15 is 0 Å². The highest BCUT2D eigenvalue weighted by Gasteiger charge is 2.34. The predicted molar refractivity (Wildman–Crippen MR) is 319 cm³/mol. The van der Waals surface area contributed by atoms with E-state index < -0.39 is 35.7 Å². The molecule has 19 heteroatoms. The van der Waals surface area contributed by atoms with Crippen LogP contribution in [0.1, 0.15) is 141 Å². The molecule has 448 valence electrons. The van der Waals surface area contributed by atoms with Crippen molar-refractivity contribution in [2.45, 2.75) is 135 Å². The Hall–Kier alpha value is -7.93. The Kier molecular flexibility index (Phi) is 26.2. The summed E-state index contributed by atoms with van der Waals surface area (Å²) in [6, 6.07) is 22.4. The zero-order valence-corrected chi connectivity index (χ0v) is 48.9. The van der Waals surface area contributed by atoms with Gasteiger partial charge in [0, 0.05) is 30.5 Å². The van der Waals surface area contributed by atoms with Crippen molar-refractivity contribution in [1.29, 1.82) is 0 Å². The van der Waals surface area contributed by atoms with Gasteiger partial charge in [-0.2, -0.15) is 5.10 Å². The first-order valence-electron chi connectivity index (χ1n) is 29.6. The van der Waals surface area contributed by atoms with Crippen LogP contribution in [0.2, 0.25) is 0 Å². The summed E-state index contributed by atoms with van der Waals surface area (Å²) in [7, 11) is 0. The Morgan fingerprint density at radius 3 is 1.46 bits per heavy atom. The highest BCUT2D eigenvalue weighted by atomic mass is 32.1. The third kappa shape index (κ3) is 21.0. The van der Waals surface area contributed by atoms with Crippen LogP contribution >= 0.6 is 11.3 Å². The average Bonchev–Trinajstić information content (AvgIpc) is 4.13. The van der Waals surface area contributed by atoms with Gasteiger partial charge in [-0.15, -0.1) is 0 Å². The Bertz CT molecular complexity index is 2930. The van der Waals surface area contributed by atoms with Crippen LogP contribution in [0.3, 0.4) is 0 Å². The number of fused-ring (bicyclic) bond motifs is 1. The van der Waals surface area contributed by atoms with Crippen LogP contribution in [0.5, 0.6) is 34.5 Å². The van der Waals surface area contributed by atoms with Crippen molar-refractivity contribution >= 4 is 68.8 Å². The predicted octanol–water partition coefficient (Wildman–Crippen LogP) is 13.1. The Labute approximate surface area is 495 Å². The van der Waals surface area contributed by atoms with Crippen LogP contribution in [0, 0.1) is 23.7 Å². The Balaban J connectivity index is 0.911. The second kappa shape index (κ2) is 34.6.